The van der Waals surface area contributed by atoms with Crippen LogP contribution in [0.1, 0.15) is 13.8 Å². The molecule has 0 bridgehead atoms. The Kier molecular flexibility index (Phi) is 8.59. The molecule has 0 fully saturated rings. The summed E-state index contributed by atoms with van der Waals surface area (Å²) in [6, 6.07) is 0. The highest BCUT2D eigenvalue weighted by atomic mass is 16.6. The summed E-state index contributed by atoms with van der Waals surface area (Å²) in [4.78, 5) is 33.6. The van der Waals surface area contributed by atoms with E-state index in [2.05, 4.69) is 14.9 Å². The Morgan fingerprint density at radius 3 is 2.32 bits per heavy atom. The SMILES string of the molecule is CCOC(=O)NN(C/C=C/C(=O)OC)C(=O)OCC. The second-order valence-corrected chi connectivity index (χ2v) is 3.07. The summed E-state index contributed by atoms with van der Waals surface area (Å²) in [6.07, 6.45) is 0.917. The summed E-state index contributed by atoms with van der Waals surface area (Å²) in [5.41, 5.74) is 2.19. The molecule has 0 aromatic carbocycles. The first kappa shape index (κ1) is 16.8. The first-order valence-corrected chi connectivity index (χ1v) is 5.67. The molecule has 2 amide bonds. The van der Waals surface area contributed by atoms with E-state index in [0.717, 1.165) is 11.1 Å². The van der Waals surface area contributed by atoms with Crippen molar-refractivity contribution in [2.24, 2.45) is 0 Å². The molecule has 0 unspecified atom stereocenters. The van der Waals surface area contributed by atoms with Gasteiger partial charge in [-0.2, -0.15) is 0 Å². The third kappa shape index (κ3) is 7.63. The summed E-state index contributed by atoms with van der Waals surface area (Å²) in [6.45, 7) is 3.52. The van der Waals surface area contributed by atoms with Crippen LogP contribution in [0, 0.1) is 0 Å². The van der Waals surface area contributed by atoms with E-state index in [1.165, 1.54) is 13.2 Å². The van der Waals surface area contributed by atoms with Crippen molar-refractivity contribution >= 4 is 18.2 Å². The number of carbonyl (C=O) groups excluding carboxylic acids is 3. The predicted octanol–water partition coefficient (Wildman–Crippen LogP) is 0.835. The number of rotatable bonds is 5. The highest BCUT2D eigenvalue weighted by Gasteiger charge is 2.16. The van der Waals surface area contributed by atoms with Gasteiger partial charge < -0.3 is 14.2 Å². The lowest BCUT2D eigenvalue weighted by atomic mass is 10.5. The second kappa shape index (κ2) is 9.75. The van der Waals surface area contributed by atoms with Gasteiger partial charge in [0.2, 0.25) is 0 Å². The molecule has 0 heterocycles. The standard InChI is InChI=1S/C11H18N2O6/c1-4-18-10(15)12-13(11(16)19-5-2)8-6-7-9(14)17-3/h6-7H,4-5,8H2,1-3H3,(H,12,15)/b7-6+. The quantitative estimate of drug-likeness (QED) is 0.345. The first-order valence-electron chi connectivity index (χ1n) is 5.67. The Labute approximate surface area is 111 Å². The van der Waals surface area contributed by atoms with Crippen LogP contribution in [-0.2, 0) is 19.0 Å². The molecule has 0 aliphatic heterocycles. The van der Waals surface area contributed by atoms with Crippen LogP contribution in [0.4, 0.5) is 9.59 Å². The number of carbonyl (C=O) groups is 3. The van der Waals surface area contributed by atoms with Gasteiger partial charge in [0.25, 0.3) is 0 Å². The van der Waals surface area contributed by atoms with Gasteiger partial charge in [0, 0.05) is 6.08 Å². The zero-order chi connectivity index (χ0) is 14.7. The zero-order valence-electron chi connectivity index (χ0n) is 11.2. The average molecular weight is 274 g/mol. The lowest BCUT2D eigenvalue weighted by molar-refractivity contribution is -0.134. The Morgan fingerprint density at radius 1 is 1.16 bits per heavy atom. The number of hydrogen-bond donors (Lipinski definition) is 1. The van der Waals surface area contributed by atoms with Crippen molar-refractivity contribution in [3.05, 3.63) is 12.2 Å². The number of nitrogens with one attached hydrogen (secondary N) is 1. The Bertz CT molecular complexity index is 342. The van der Waals surface area contributed by atoms with Gasteiger partial charge in [0.05, 0.1) is 26.9 Å². The van der Waals surface area contributed by atoms with E-state index in [4.69, 9.17) is 4.74 Å². The number of methoxy groups -OCH3 is 1. The van der Waals surface area contributed by atoms with Crippen molar-refractivity contribution < 1.29 is 28.6 Å². The van der Waals surface area contributed by atoms with Crippen LogP contribution in [0.2, 0.25) is 0 Å². The van der Waals surface area contributed by atoms with Gasteiger partial charge in [-0.25, -0.2) is 24.8 Å². The van der Waals surface area contributed by atoms with E-state index in [-0.39, 0.29) is 19.8 Å². The molecule has 8 heteroatoms. The van der Waals surface area contributed by atoms with Crippen molar-refractivity contribution in [2.45, 2.75) is 13.8 Å². The molecule has 8 nitrogen and oxygen atoms in total. The number of esters is 1. The van der Waals surface area contributed by atoms with Gasteiger partial charge in [0.15, 0.2) is 0 Å². The Balaban J connectivity index is 4.49. The Hall–Kier alpha value is -2.25. The van der Waals surface area contributed by atoms with Crippen LogP contribution in [0.5, 0.6) is 0 Å². The molecule has 0 radical (unpaired) electrons. The minimum atomic E-state index is -0.790. The summed E-state index contributed by atoms with van der Waals surface area (Å²) in [5.74, 6) is -0.569. The summed E-state index contributed by atoms with van der Waals surface area (Å²) >= 11 is 0. The number of hydrazine groups is 1. The molecule has 0 saturated carbocycles. The van der Waals surface area contributed by atoms with Gasteiger partial charge in [-0.1, -0.05) is 6.08 Å². The molecule has 1 N–H and O–H groups in total. The molecule has 0 rings (SSSR count). The minimum Gasteiger partial charge on any atom is -0.466 e. The van der Waals surface area contributed by atoms with Crippen LogP contribution in [0.3, 0.4) is 0 Å². The lowest BCUT2D eigenvalue weighted by Crippen LogP contribution is -2.46. The highest BCUT2D eigenvalue weighted by Crippen LogP contribution is 1.93. The lowest BCUT2D eigenvalue weighted by Gasteiger charge is -2.20. The maximum absolute atomic E-state index is 11.5. The van der Waals surface area contributed by atoms with Crippen LogP contribution < -0.4 is 5.43 Å². The van der Waals surface area contributed by atoms with E-state index < -0.39 is 18.2 Å². The fourth-order valence-corrected chi connectivity index (χ4v) is 0.963. The van der Waals surface area contributed by atoms with Gasteiger partial charge in [-0.15, -0.1) is 0 Å². The van der Waals surface area contributed by atoms with Crippen molar-refractivity contribution in [1.82, 2.24) is 10.4 Å². The molecule has 0 aromatic heterocycles. The zero-order valence-corrected chi connectivity index (χ0v) is 11.2. The molecule has 0 saturated heterocycles. The molecular weight excluding hydrogens is 256 g/mol. The molecule has 0 atom stereocenters. The van der Waals surface area contributed by atoms with E-state index in [1.54, 1.807) is 13.8 Å². The number of nitrogens with zero attached hydrogens (tertiary/aromatic N) is 1. The minimum absolute atomic E-state index is 0.0628. The Morgan fingerprint density at radius 2 is 1.79 bits per heavy atom. The number of hydrogen-bond acceptors (Lipinski definition) is 6. The van der Waals surface area contributed by atoms with Crippen molar-refractivity contribution in [1.29, 1.82) is 0 Å². The molecular formula is C11H18N2O6. The second-order valence-electron chi connectivity index (χ2n) is 3.07. The monoisotopic (exact) mass is 274 g/mol. The normalized spacial score (nSPS) is 9.84. The maximum Gasteiger partial charge on any atom is 0.429 e. The highest BCUT2D eigenvalue weighted by molar-refractivity contribution is 5.82. The molecule has 0 spiro atoms. The van der Waals surface area contributed by atoms with Crippen molar-refractivity contribution in [3.8, 4) is 0 Å². The van der Waals surface area contributed by atoms with E-state index >= 15 is 0 Å². The van der Waals surface area contributed by atoms with Crippen LogP contribution >= 0.6 is 0 Å². The van der Waals surface area contributed by atoms with Crippen LogP contribution in [-0.4, -0.2) is 50.0 Å². The van der Waals surface area contributed by atoms with Gasteiger partial charge in [-0.3, -0.25) is 0 Å². The van der Waals surface area contributed by atoms with Crippen LogP contribution in [0.15, 0.2) is 12.2 Å². The third-order valence-corrected chi connectivity index (χ3v) is 1.73. The van der Waals surface area contributed by atoms with Crippen molar-refractivity contribution in [3.63, 3.8) is 0 Å². The molecule has 0 aromatic rings. The molecule has 0 aliphatic carbocycles. The number of ether oxygens (including phenoxy) is 3. The topological polar surface area (TPSA) is 94.2 Å². The average Bonchev–Trinajstić information content (AvgIpc) is 2.37. The summed E-state index contributed by atoms with van der Waals surface area (Å²) < 4.78 is 13.8. The smallest absolute Gasteiger partial charge is 0.429 e. The van der Waals surface area contributed by atoms with Crippen molar-refractivity contribution in [2.75, 3.05) is 26.9 Å². The van der Waals surface area contributed by atoms with E-state index in [9.17, 15) is 14.4 Å². The molecule has 108 valence electrons. The van der Waals surface area contributed by atoms with Gasteiger partial charge in [0.1, 0.15) is 0 Å². The largest absolute Gasteiger partial charge is 0.466 e. The van der Waals surface area contributed by atoms with Gasteiger partial charge in [-0.05, 0) is 13.8 Å². The fraction of sp³-hybridized carbons (Fsp3) is 0.545. The molecule has 19 heavy (non-hydrogen) atoms. The van der Waals surface area contributed by atoms with Gasteiger partial charge >= 0.3 is 18.2 Å². The maximum atomic E-state index is 11.5. The molecule has 0 aliphatic rings. The van der Waals surface area contributed by atoms with Crippen LogP contribution in [0.25, 0.3) is 0 Å². The first-order chi connectivity index (χ1) is 9.04. The predicted molar refractivity (Wildman–Crippen MR) is 65.0 cm³/mol. The summed E-state index contributed by atoms with van der Waals surface area (Å²) in [7, 11) is 1.23. The third-order valence-electron chi connectivity index (χ3n) is 1.73. The summed E-state index contributed by atoms with van der Waals surface area (Å²) in [5, 5.41) is 0.876. The fourth-order valence-electron chi connectivity index (χ4n) is 0.963. The number of amides is 2. The van der Waals surface area contributed by atoms with E-state index in [0.29, 0.717) is 0 Å². The van der Waals surface area contributed by atoms with E-state index in [1.807, 2.05) is 0 Å².